The summed E-state index contributed by atoms with van der Waals surface area (Å²) in [7, 11) is 0. The van der Waals surface area contributed by atoms with Crippen LogP contribution in [0.4, 0.5) is 0 Å². The lowest BCUT2D eigenvalue weighted by Crippen LogP contribution is -2.31. The Kier molecular flexibility index (Phi) is 5.63. The van der Waals surface area contributed by atoms with Gasteiger partial charge >= 0.3 is 11.9 Å². The van der Waals surface area contributed by atoms with Crippen LogP contribution in [0.2, 0.25) is 0 Å². The molecular weight excluding hydrogens is 232 g/mol. The average molecular weight is 256 g/mol. The van der Waals surface area contributed by atoms with Crippen molar-refractivity contribution < 1.29 is 19.1 Å². The third-order valence-electron chi connectivity index (χ3n) is 3.18. The first-order valence-electron chi connectivity index (χ1n) is 6.85. The van der Waals surface area contributed by atoms with Gasteiger partial charge in [-0.1, -0.05) is 33.6 Å². The minimum atomic E-state index is -0.407. The summed E-state index contributed by atoms with van der Waals surface area (Å²) in [4.78, 5) is 23.4. The van der Waals surface area contributed by atoms with Gasteiger partial charge in [0.05, 0.1) is 5.92 Å². The molecule has 1 aliphatic heterocycles. The second kappa shape index (κ2) is 6.76. The van der Waals surface area contributed by atoms with E-state index in [4.69, 9.17) is 9.47 Å². The van der Waals surface area contributed by atoms with E-state index in [2.05, 4.69) is 6.92 Å². The molecule has 1 saturated heterocycles. The molecule has 1 aliphatic rings. The van der Waals surface area contributed by atoms with Gasteiger partial charge in [-0.05, 0) is 19.3 Å². The summed E-state index contributed by atoms with van der Waals surface area (Å²) < 4.78 is 10.6. The zero-order valence-corrected chi connectivity index (χ0v) is 11.8. The highest BCUT2D eigenvalue weighted by Crippen LogP contribution is 2.29. The van der Waals surface area contributed by atoms with Crippen molar-refractivity contribution in [1.29, 1.82) is 0 Å². The van der Waals surface area contributed by atoms with E-state index in [0.29, 0.717) is 6.42 Å². The number of ether oxygens (including phenoxy) is 2. The molecule has 0 aromatic heterocycles. The summed E-state index contributed by atoms with van der Waals surface area (Å²) in [6.45, 7) is 7.80. The number of esters is 2. The summed E-state index contributed by atoms with van der Waals surface area (Å²) in [6, 6.07) is 0. The third kappa shape index (κ3) is 4.00. The van der Waals surface area contributed by atoms with Gasteiger partial charge < -0.3 is 9.47 Å². The van der Waals surface area contributed by atoms with Crippen LogP contribution < -0.4 is 0 Å². The van der Waals surface area contributed by atoms with E-state index < -0.39 is 6.10 Å². The molecule has 3 atom stereocenters. The quantitative estimate of drug-likeness (QED) is 0.686. The minimum absolute atomic E-state index is 0.224. The van der Waals surface area contributed by atoms with Crippen LogP contribution in [0.3, 0.4) is 0 Å². The number of carbonyl (C=O) groups excluding carboxylic acids is 2. The minimum Gasteiger partial charge on any atom is -0.458 e. The summed E-state index contributed by atoms with van der Waals surface area (Å²) in [5.41, 5.74) is 0. The van der Waals surface area contributed by atoms with E-state index in [0.717, 1.165) is 19.3 Å². The Hall–Kier alpha value is -1.06. The summed E-state index contributed by atoms with van der Waals surface area (Å²) in [5.74, 6) is -0.476. The number of hydrogen-bond donors (Lipinski definition) is 0. The average Bonchev–Trinajstić information content (AvgIpc) is 2.50. The van der Waals surface area contributed by atoms with Crippen LogP contribution in [0, 0.1) is 11.8 Å². The highest BCUT2D eigenvalue weighted by atomic mass is 16.6. The predicted molar refractivity (Wildman–Crippen MR) is 67.9 cm³/mol. The van der Waals surface area contributed by atoms with Gasteiger partial charge in [0.25, 0.3) is 0 Å². The molecule has 0 bridgehead atoms. The first-order valence-corrected chi connectivity index (χ1v) is 6.85. The van der Waals surface area contributed by atoms with Crippen molar-refractivity contribution in [3.63, 3.8) is 0 Å². The van der Waals surface area contributed by atoms with E-state index in [1.807, 2.05) is 13.8 Å². The predicted octanol–water partition coefficient (Wildman–Crippen LogP) is 2.70. The highest BCUT2D eigenvalue weighted by molar-refractivity contribution is 5.77. The molecule has 0 amide bonds. The van der Waals surface area contributed by atoms with E-state index in [1.54, 1.807) is 6.92 Å². The monoisotopic (exact) mass is 256 g/mol. The van der Waals surface area contributed by atoms with Crippen LogP contribution >= 0.6 is 0 Å². The molecule has 0 aliphatic carbocycles. The number of cyclic esters (lactones) is 1. The van der Waals surface area contributed by atoms with Crippen molar-refractivity contribution in [2.75, 3.05) is 0 Å². The van der Waals surface area contributed by atoms with Crippen molar-refractivity contribution in [2.24, 2.45) is 11.8 Å². The Morgan fingerprint density at radius 1 is 1.44 bits per heavy atom. The summed E-state index contributed by atoms with van der Waals surface area (Å²) in [6.07, 6.45) is 2.36. The van der Waals surface area contributed by atoms with Crippen molar-refractivity contribution >= 4 is 11.9 Å². The number of rotatable bonds is 6. The fourth-order valence-electron chi connectivity index (χ4n) is 2.22. The second-order valence-corrected chi connectivity index (χ2v) is 5.44. The SMILES string of the molecule is CCCCC1C(=O)O[C@@H](C)[C@@H]1OC(=O)CC(C)C. The van der Waals surface area contributed by atoms with Gasteiger partial charge in [0.15, 0.2) is 6.10 Å². The Morgan fingerprint density at radius 3 is 2.67 bits per heavy atom. The first-order chi connectivity index (χ1) is 8.45. The lowest BCUT2D eigenvalue weighted by atomic mass is 9.95. The molecule has 1 heterocycles. The lowest BCUT2D eigenvalue weighted by molar-refractivity contribution is -0.154. The van der Waals surface area contributed by atoms with E-state index in [9.17, 15) is 9.59 Å². The van der Waals surface area contributed by atoms with Gasteiger partial charge in [-0.15, -0.1) is 0 Å². The van der Waals surface area contributed by atoms with Crippen LogP contribution in [-0.4, -0.2) is 24.1 Å². The van der Waals surface area contributed by atoms with Gasteiger partial charge in [0, 0.05) is 6.42 Å². The number of hydrogen-bond acceptors (Lipinski definition) is 4. The van der Waals surface area contributed by atoms with Crippen molar-refractivity contribution in [3.8, 4) is 0 Å². The highest BCUT2D eigenvalue weighted by Gasteiger charge is 2.44. The van der Waals surface area contributed by atoms with Crippen molar-refractivity contribution in [1.82, 2.24) is 0 Å². The molecule has 1 rings (SSSR count). The molecule has 1 fully saturated rings. The van der Waals surface area contributed by atoms with Gasteiger partial charge in [-0.2, -0.15) is 0 Å². The largest absolute Gasteiger partial charge is 0.458 e. The maximum Gasteiger partial charge on any atom is 0.313 e. The fourth-order valence-corrected chi connectivity index (χ4v) is 2.22. The molecule has 0 aromatic carbocycles. The summed E-state index contributed by atoms with van der Waals surface area (Å²) in [5, 5.41) is 0. The first kappa shape index (κ1) is 15.0. The number of unbranched alkanes of at least 4 members (excludes halogenated alkanes) is 1. The maximum atomic E-state index is 11.7. The van der Waals surface area contributed by atoms with Crippen LogP contribution in [0.1, 0.15) is 53.4 Å². The molecule has 0 saturated carbocycles. The zero-order valence-electron chi connectivity index (χ0n) is 11.8. The molecule has 0 N–H and O–H groups in total. The van der Waals surface area contributed by atoms with Crippen molar-refractivity contribution in [2.45, 2.75) is 65.6 Å². The second-order valence-electron chi connectivity index (χ2n) is 5.44. The van der Waals surface area contributed by atoms with E-state index in [-0.39, 0.29) is 29.9 Å². The van der Waals surface area contributed by atoms with Gasteiger partial charge in [0.2, 0.25) is 0 Å². The maximum absolute atomic E-state index is 11.7. The Bertz CT molecular complexity index is 298. The lowest BCUT2D eigenvalue weighted by Gasteiger charge is -2.19. The van der Waals surface area contributed by atoms with Gasteiger partial charge in [-0.25, -0.2) is 0 Å². The molecule has 1 unspecified atom stereocenters. The van der Waals surface area contributed by atoms with E-state index >= 15 is 0 Å². The van der Waals surface area contributed by atoms with Crippen LogP contribution in [0.5, 0.6) is 0 Å². The van der Waals surface area contributed by atoms with Crippen LogP contribution in [0.25, 0.3) is 0 Å². The molecule has 4 heteroatoms. The molecule has 0 aromatic rings. The molecule has 104 valence electrons. The normalized spacial score (nSPS) is 27.4. The van der Waals surface area contributed by atoms with Crippen molar-refractivity contribution in [3.05, 3.63) is 0 Å². The van der Waals surface area contributed by atoms with Gasteiger partial charge in [-0.3, -0.25) is 9.59 Å². The van der Waals surface area contributed by atoms with E-state index in [1.165, 1.54) is 0 Å². The Balaban J connectivity index is 2.59. The smallest absolute Gasteiger partial charge is 0.313 e. The fraction of sp³-hybridized carbons (Fsp3) is 0.857. The summed E-state index contributed by atoms with van der Waals surface area (Å²) >= 11 is 0. The molecule has 0 spiro atoms. The van der Waals surface area contributed by atoms with Crippen LogP contribution in [0.15, 0.2) is 0 Å². The third-order valence-corrected chi connectivity index (χ3v) is 3.18. The Labute approximate surface area is 109 Å². The van der Waals surface area contributed by atoms with Crippen LogP contribution in [-0.2, 0) is 19.1 Å². The standard InChI is InChI=1S/C14H24O4/c1-5-6-7-11-13(10(4)17-14(11)16)18-12(15)8-9(2)3/h9-11,13H,5-8H2,1-4H3/t10-,11?,13-/m0/s1. The zero-order chi connectivity index (χ0) is 13.7. The molecule has 0 radical (unpaired) electrons. The molecular formula is C14H24O4. The molecule has 18 heavy (non-hydrogen) atoms. The number of carbonyl (C=O) groups is 2. The topological polar surface area (TPSA) is 52.6 Å². The Morgan fingerprint density at radius 2 is 2.11 bits per heavy atom. The molecule has 4 nitrogen and oxygen atoms in total. The van der Waals surface area contributed by atoms with Gasteiger partial charge in [0.1, 0.15) is 6.10 Å².